The molecule has 2 aromatic carbocycles. The number of hydrogen-bond donors (Lipinski definition) is 2. The summed E-state index contributed by atoms with van der Waals surface area (Å²) in [4.78, 5) is 11.8. The number of amides is 1. The van der Waals surface area contributed by atoms with Crippen LogP contribution in [0, 0.1) is 0 Å². The molecule has 0 atom stereocenters. The van der Waals surface area contributed by atoms with Crippen LogP contribution >= 0.6 is 34.8 Å². The van der Waals surface area contributed by atoms with E-state index in [1.807, 2.05) is 0 Å². The highest BCUT2D eigenvalue weighted by atomic mass is 35.5. The van der Waals surface area contributed by atoms with Crippen LogP contribution in [0.15, 0.2) is 42.5 Å². The van der Waals surface area contributed by atoms with Gasteiger partial charge in [0.2, 0.25) is 5.91 Å². The van der Waals surface area contributed by atoms with Crippen LogP contribution < -0.4 is 10.6 Å². The van der Waals surface area contributed by atoms with Crippen molar-refractivity contribution in [3.63, 3.8) is 0 Å². The van der Waals surface area contributed by atoms with Crippen LogP contribution in [0.25, 0.3) is 0 Å². The van der Waals surface area contributed by atoms with E-state index in [4.69, 9.17) is 34.8 Å². The zero-order valence-corrected chi connectivity index (χ0v) is 12.6. The maximum atomic E-state index is 11.8. The highest BCUT2D eigenvalue weighted by Crippen LogP contribution is 2.23. The van der Waals surface area contributed by atoms with Crippen LogP contribution in [0.1, 0.15) is 0 Å². The summed E-state index contributed by atoms with van der Waals surface area (Å²) in [5.41, 5.74) is 1.25. The third-order valence-corrected chi connectivity index (χ3v) is 3.23. The maximum absolute atomic E-state index is 11.8. The molecule has 20 heavy (non-hydrogen) atoms. The molecule has 0 unspecified atom stereocenters. The van der Waals surface area contributed by atoms with Crippen molar-refractivity contribution in [1.29, 1.82) is 0 Å². The molecule has 0 fully saturated rings. The van der Waals surface area contributed by atoms with Gasteiger partial charge >= 0.3 is 0 Å². The summed E-state index contributed by atoms with van der Waals surface area (Å²) in [5.74, 6) is -0.214. The molecule has 0 heterocycles. The van der Waals surface area contributed by atoms with E-state index in [-0.39, 0.29) is 12.5 Å². The summed E-state index contributed by atoms with van der Waals surface area (Å²) in [7, 11) is 0. The fraction of sp³-hybridized carbons (Fsp3) is 0.0714. The molecule has 0 radical (unpaired) electrons. The number of benzene rings is 2. The van der Waals surface area contributed by atoms with Crippen LogP contribution in [0.5, 0.6) is 0 Å². The van der Waals surface area contributed by atoms with E-state index >= 15 is 0 Å². The van der Waals surface area contributed by atoms with E-state index < -0.39 is 0 Å². The average molecular weight is 330 g/mol. The fourth-order valence-corrected chi connectivity index (χ4v) is 2.30. The normalized spacial score (nSPS) is 10.2. The van der Waals surface area contributed by atoms with E-state index in [0.717, 1.165) is 0 Å². The molecule has 104 valence electrons. The van der Waals surface area contributed by atoms with Gasteiger partial charge in [-0.15, -0.1) is 0 Å². The minimum atomic E-state index is -0.214. The van der Waals surface area contributed by atoms with Crippen LogP contribution in [0.3, 0.4) is 0 Å². The Balaban J connectivity index is 1.94. The van der Waals surface area contributed by atoms with Gasteiger partial charge in [-0.3, -0.25) is 4.79 Å². The molecule has 0 saturated carbocycles. The predicted octanol–water partition coefficient (Wildman–Crippen LogP) is 4.70. The smallest absolute Gasteiger partial charge is 0.243 e. The third kappa shape index (κ3) is 4.30. The molecular weight excluding hydrogens is 319 g/mol. The molecule has 0 bridgehead atoms. The molecule has 2 aromatic rings. The Hall–Kier alpha value is -1.42. The van der Waals surface area contributed by atoms with Crippen molar-refractivity contribution in [2.75, 3.05) is 17.2 Å². The van der Waals surface area contributed by atoms with Crippen molar-refractivity contribution < 1.29 is 4.79 Å². The summed E-state index contributed by atoms with van der Waals surface area (Å²) in [6.07, 6.45) is 0. The van der Waals surface area contributed by atoms with E-state index in [0.29, 0.717) is 26.4 Å². The van der Waals surface area contributed by atoms with Gasteiger partial charge in [0, 0.05) is 15.7 Å². The number of carbonyl (C=O) groups is 1. The van der Waals surface area contributed by atoms with E-state index in [9.17, 15) is 4.79 Å². The minimum absolute atomic E-state index is 0.0852. The Morgan fingerprint density at radius 2 is 1.65 bits per heavy atom. The summed E-state index contributed by atoms with van der Waals surface area (Å²) in [6.45, 7) is 0.0852. The summed E-state index contributed by atoms with van der Waals surface area (Å²) in [6, 6.07) is 12.0. The maximum Gasteiger partial charge on any atom is 0.243 e. The summed E-state index contributed by atoms with van der Waals surface area (Å²) >= 11 is 17.7. The van der Waals surface area contributed by atoms with E-state index in [2.05, 4.69) is 10.6 Å². The van der Waals surface area contributed by atoms with Gasteiger partial charge in [-0.25, -0.2) is 0 Å². The number of hydrogen-bond acceptors (Lipinski definition) is 2. The van der Waals surface area contributed by atoms with Crippen molar-refractivity contribution in [2.24, 2.45) is 0 Å². The van der Waals surface area contributed by atoms with E-state index in [1.165, 1.54) is 0 Å². The van der Waals surface area contributed by atoms with Crippen LogP contribution in [-0.4, -0.2) is 12.5 Å². The second-order valence-corrected chi connectivity index (χ2v) is 5.32. The number of carbonyl (C=O) groups excluding carboxylic acids is 1. The first-order valence-electron chi connectivity index (χ1n) is 5.79. The molecule has 6 heteroatoms. The lowest BCUT2D eigenvalue weighted by molar-refractivity contribution is -0.114. The first-order chi connectivity index (χ1) is 9.54. The molecule has 2 N–H and O–H groups in total. The lowest BCUT2D eigenvalue weighted by Crippen LogP contribution is -2.21. The molecule has 0 spiro atoms. The Labute approximate surface area is 131 Å². The topological polar surface area (TPSA) is 41.1 Å². The highest BCUT2D eigenvalue weighted by molar-refractivity contribution is 6.35. The first kappa shape index (κ1) is 15.0. The van der Waals surface area contributed by atoms with Crippen molar-refractivity contribution >= 4 is 52.1 Å². The standard InChI is InChI=1S/C14H11Cl3N2O/c15-9-5-10(16)7-11(6-9)18-8-14(20)19-13-4-2-1-3-12(13)17/h1-7,18H,8H2,(H,19,20). The molecule has 0 saturated heterocycles. The van der Waals surface area contributed by atoms with Crippen LogP contribution in [-0.2, 0) is 4.79 Å². The predicted molar refractivity (Wildman–Crippen MR) is 85.0 cm³/mol. The third-order valence-electron chi connectivity index (χ3n) is 2.46. The van der Waals surface area contributed by atoms with Crippen LogP contribution in [0.4, 0.5) is 11.4 Å². The van der Waals surface area contributed by atoms with Crippen molar-refractivity contribution in [3.8, 4) is 0 Å². The van der Waals surface area contributed by atoms with Gasteiger partial charge < -0.3 is 10.6 Å². The Morgan fingerprint density at radius 1 is 1.00 bits per heavy atom. The Morgan fingerprint density at radius 3 is 2.30 bits per heavy atom. The quantitative estimate of drug-likeness (QED) is 0.854. The van der Waals surface area contributed by atoms with Gasteiger partial charge in [-0.1, -0.05) is 46.9 Å². The van der Waals surface area contributed by atoms with Gasteiger partial charge in [0.05, 0.1) is 17.3 Å². The molecule has 0 aliphatic heterocycles. The van der Waals surface area contributed by atoms with E-state index in [1.54, 1.807) is 42.5 Å². The van der Waals surface area contributed by atoms with Crippen molar-refractivity contribution in [2.45, 2.75) is 0 Å². The van der Waals surface area contributed by atoms with Gasteiger partial charge in [0.15, 0.2) is 0 Å². The van der Waals surface area contributed by atoms with Gasteiger partial charge in [-0.2, -0.15) is 0 Å². The molecule has 0 aliphatic rings. The Bertz CT molecular complexity index is 611. The summed E-state index contributed by atoms with van der Waals surface area (Å²) < 4.78 is 0. The molecule has 0 aromatic heterocycles. The lowest BCUT2D eigenvalue weighted by Gasteiger charge is -2.09. The monoisotopic (exact) mass is 328 g/mol. The number of anilines is 2. The van der Waals surface area contributed by atoms with Gasteiger partial charge in [0.25, 0.3) is 0 Å². The minimum Gasteiger partial charge on any atom is -0.376 e. The largest absolute Gasteiger partial charge is 0.376 e. The van der Waals surface area contributed by atoms with Crippen molar-refractivity contribution in [1.82, 2.24) is 0 Å². The molecule has 1 amide bonds. The first-order valence-corrected chi connectivity index (χ1v) is 6.92. The zero-order valence-electron chi connectivity index (χ0n) is 10.3. The Kier molecular flexibility index (Phi) is 5.12. The highest BCUT2D eigenvalue weighted by Gasteiger charge is 2.05. The van der Waals surface area contributed by atoms with Crippen molar-refractivity contribution in [3.05, 3.63) is 57.5 Å². The lowest BCUT2D eigenvalue weighted by atomic mass is 10.3. The number of para-hydroxylation sites is 1. The molecular formula is C14H11Cl3N2O. The average Bonchev–Trinajstić information content (AvgIpc) is 2.38. The number of rotatable bonds is 4. The number of halogens is 3. The summed E-state index contributed by atoms with van der Waals surface area (Å²) in [5, 5.41) is 7.16. The molecule has 0 aliphatic carbocycles. The van der Waals surface area contributed by atoms with Crippen LogP contribution in [0.2, 0.25) is 15.1 Å². The SMILES string of the molecule is O=C(CNc1cc(Cl)cc(Cl)c1)Nc1ccccc1Cl. The second kappa shape index (κ2) is 6.84. The fourth-order valence-electron chi connectivity index (χ4n) is 1.60. The van der Waals surface area contributed by atoms with Gasteiger partial charge in [-0.05, 0) is 30.3 Å². The van der Waals surface area contributed by atoms with Gasteiger partial charge in [0.1, 0.15) is 0 Å². The zero-order chi connectivity index (χ0) is 14.5. The molecule has 2 rings (SSSR count). The number of nitrogens with one attached hydrogen (secondary N) is 2. The molecule has 3 nitrogen and oxygen atoms in total. The second-order valence-electron chi connectivity index (χ2n) is 4.04.